The first-order chi connectivity index (χ1) is 9.20. The van der Waals surface area contributed by atoms with Crippen LogP contribution in [0.1, 0.15) is 12.5 Å². The monoisotopic (exact) mass is 296 g/mol. The molecule has 0 spiro atoms. The number of carbonyl (C=O) groups excluding carboxylic acids is 2. The number of rotatable bonds is 6. The quantitative estimate of drug-likeness (QED) is 0.618. The molecule has 0 aliphatic carbocycles. The van der Waals surface area contributed by atoms with E-state index in [-0.39, 0.29) is 17.2 Å². The van der Waals surface area contributed by atoms with E-state index in [0.29, 0.717) is 6.42 Å². The fourth-order valence-electron chi connectivity index (χ4n) is 1.72. The highest BCUT2D eigenvalue weighted by molar-refractivity contribution is 8.77. The standard InChI is InChI=1S/C13H16N2O2S2/c1-2-18-19-13-11(12(17)15-13)14-10(16)8-9-6-4-3-5-7-9/h3-7,11,13H,2,8H2,1H3,(H,14,16)(H,15,17)/t11-,13-/m1/s1. The lowest BCUT2D eigenvalue weighted by molar-refractivity contribution is -0.133. The Bertz CT molecular complexity index is 453. The second kappa shape index (κ2) is 6.86. The summed E-state index contributed by atoms with van der Waals surface area (Å²) in [6.07, 6.45) is 0.308. The Balaban J connectivity index is 1.83. The highest BCUT2D eigenvalue weighted by Gasteiger charge is 2.40. The number of hydrogen-bond donors (Lipinski definition) is 2. The Kier molecular flexibility index (Phi) is 5.15. The van der Waals surface area contributed by atoms with Crippen molar-refractivity contribution < 1.29 is 9.59 Å². The van der Waals surface area contributed by atoms with Gasteiger partial charge in [0.25, 0.3) is 0 Å². The van der Waals surface area contributed by atoms with Crippen LogP contribution in [0.25, 0.3) is 0 Å². The van der Waals surface area contributed by atoms with Crippen LogP contribution in [0.15, 0.2) is 30.3 Å². The number of nitrogens with one attached hydrogen (secondary N) is 2. The third-order valence-electron chi connectivity index (χ3n) is 2.68. The lowest BCUT2D eigenvalue weighted by Crippen LogP contribution is -2.67. The molecule has 1 aliphatic heterocycles. The van der Waals surface area contributed by atoms with Crippen LogP contribution in [0.4, 0.5) is 0 Å². The van der Waals surface area contributed by atoms with Gasteiger partial charge in [-0.25, -0.2) is 0 Å². The van der Waals surface area contributed by atoms with Crippen molar-refractivity contribution in [2.24, 2.45) is 0 Å². The second-order valence-electron chi connectivity index (χ2n) is 4.14. The maximum atomic E-state index is 11.9. The highest BCUT2D eigenvalue weighted by atomic mass is 33.1. The summed E-state index contributed by atoms with van der Waals surface area (Å²) < 4.78 is 0. The summed E-state index contributed by atoms with van der Waals surface area (Å²) in [6.45, 7) is 2.06. The van der Waals surface area contributed by atoms with Crippen molar-refractivity contribution in [1.82, 2.24) is 10.6 Å². The minimum atomic E-state index is -0.403. The van der Waals surface area contributed by atoms with Crippen molar-refractivity contribution in [3.8, 4) is 0 Å². The maximum Gasteiger partial charge on any atom is 0.246 e. The molecular formula is C13H16N2O2S2. The number of hydrogen-bond acceptors (Lipinski definition) is 4. The van der Waals surface area contributed by atoms with E-state index in [0.717, 1.165) is 11.3 Å². The van der Waals surface area contributed by atoms with Crippen LogP contribution >= 0.6 is 21.6 Å². The van der Waals surface area contributed by atoms with E-state index in [1.807, 2.05) is 30.3 Å². The molecule has 2 amide bonds. The molecule has 1 saturated heterocycles. The first-order valence-corrected chi connectivity index (χ1v) is 8.51. The van der Waals surface area contributed by atoms with Gasteiger partial charge in [-0.1, -0.05) is 58.8 Å². The van der Waals surface area contributed by atoms with Crippen molar-refractivity contribution in [2.75, 3.05) is 5.75 Å². The zero-order chi connectivity index (χ0) is 13.7. The van der Waals surface area contributed by atoms with Crippen LogP contribution in [0.3, 0.4) is 0 Å². The molecular weight excluding hydrogens is 280 g/mol. The molecule has 2 atom stereocenters. The first kappa shape index (κ1) is 14.3. The zero-order valence-electron chi connectivity index (χ0n) is 10.6. The second-order valence-corrected chi connectivity index (χ2v) is 6.94. The number of benzene rings is 1. The van der Waals surface area contributed by atoms with Crippen LogP contribution in [0, 0.1) is 0 Å². The van der Waals surface area contributed by atoms with Crippen LogP contribution in [-0.4, -0.2) is 29.0 Å². The van der Waals surface area contributed by atoms with Crippen molar-refractivity contribution in [3.05, 3.63) is 35.9 Å². The molecule has 19 heavy (non-hydrogen) atoms. The molecule has 0 aromatic heterocycles. The van der Waals surface area contributed by atoms with Gasteiger partial charge in [0.15, 0.2) is 0 Å². The predicted molar refractivity (Wildman–Crippen MR) is 79.7 cm³/mol. The zero-order valence-corrected chi connectivity index (χ0v) is 12.2. The molecule has 1 heterocycles. The third kappa shape index (κ3) is 3.91. The number of carbonyl (C=O) groups is 2. The lowest BCUT2D eigenvalue weighted by Gasteiger charge is -2.35. The SMILES string of the molecule is CCSS[C@H]1NC(=O)[C@H]1NC(=O)Cc1ccccc1. The molecule has 2 N–H and O–H groups in total. The molecule has 2 rings (SSSR count). The summed E-state index contributed by atoms with van der Waals surface area (Å²) >= 11 is 0. The van der Waals surface area contributed by atoms with Crippen molar-refractivity contribution in [2.45, 2.75) is 24.8 Å². The Hall–Kier alpha value is -1.14. The highest BCUT2D eigenvalue weighted by Crippen LogP contribution is 2.30. The van der Waals surface area contributed by atoms with E-state index < -0.39 is 6.04 Å². The van der Waals surface area contributed by atoms with E-state index in [4.69, 9.17) is 0 Å². The molecule has 102 valence electrons. The van der Waals surface area contributed by atoms with Crippen LogP contribution < -0.4 is 10.6 Å². The van der Waals surface area contributed by atoms with Crippen molar-refractivity contribution >= 4 is 33.4 Å². The Morgan fingerprint density at radius 3 is 2.74 bits per heavy atom. The minimum absolute atomic E-state index is 0.0165. The molecule has 1 aliphatic rings. The van der Waals surface area contributed by atoms with Gasteiger partial charge < -0.3 is 10.6 Å². The molecule has 4 nitrogen and oxygen atoms in total. The Morgan fingerprint density at radius 1 is 1.37 bits per heavy atom. The maximum absolute atomic E-state index is 11.9. The van der Waals surface area contributed by atoms with Gasteiger partial charge in [0.2, 0.25) is 11.8 Å². The fraction of sp³-hybridized carbons (Fsp3) is 0.385. The molecule has 0 bridgehead atoms. The first-order valence-electron chi connectivity index (χ1n) is 6.12. The predicted octanol–water partition coefficient (Wildman–Crippen LogP) is 1.57. The normalized spacial score (nSPS) is 21.4. The van der Waals surface area contributed by atoms with Gasteiger partial charge in [0.1, 0.15) is 11.4 Å². The molecule has 1 aromatic carbocycles. The van der Waals surface area contributed by atoms with E-state index >= 15 is 0 Å². The van der Waals surface area contributed by atoms with Crippen LogP contribution in [-0.2, 0) is 16.0 Å². The van der Waals surface area contributed by atoms with Gasteiger partial charge in [-0.3, -0.25) is 9.59 Å². The molecule has 1 fully saturated rings. The summed E-state index contributed by atoms with van der Waals surface area (Å²) in [5, 5.41) is 5.56. The van der Waals surface area contributed by atoms with E-state index in [2.05, 4.69) is 17.6 Å². The number of β-lactam (4-membered cyclic amide) rings is 1. The van der Waals surface area contributed by atoms with Crippen LogP contribution in [0.2, 0.25) is 0 Å². The van der Waals surface area contributed by atoms with Gasteiger partial charge in [0.05, 0.1) is 6.42 Å². The van der Waals surface area contributed by atoms with Gasteiger partial charge in [-0.2, -0.15) is 0 Å². The average Bonchev–Trinajstić information content (AvgIpc) is 2.42. The summed E-state index contributed by atoms with van der Waals surface area (Å²) in [5.41, 5.74) is 0.951. The third-order valence-corrected chi connectivity index (χ3v) is 5.39. The van der Waals surface area contributed by atoms with Crippen LogP contribution in [0.5, 0.6) is 0 Å². The smallest absolute Gasteiger partial charge is 0.246 e. The molecule has 6 heteroatoms. The molecule has 0 unspecified atom stereocenters. The summed E-state index contributed by atoms with van der Waals surface area (Å²) in [4.78, 5) is 23.3. The Labute approximate surface area is 120 Å². The van der Waals surface area contributed by atoms with E-state index in [1.54, 1.807) is 21.6 Å². The fourth-order valence-corrected chi connectivity index (χ4v) is 3.80. The summed E-state index contributed by atoms with van der Waals surface area (Å²) in [6, 6.07) is 9.11. The van der Waals surface area contributed by atoms with Gasteiger partial charge in [0, 0.05) is 5.75 Å². The van der Waals surface area contributed by atoms with Crippen molar-refractivity contribution in [3.63, 3.8) is 0 Å². The van der Waals surface area contributed by atoms with Gasteiger partial charge >= 0.3 is 0 Å². The molecule has 0 radical (unpaired) electrons. The largest absolute Gasteiger partial charge is 0.341 e. The average molecular weight is 296 g/mol. The topological polar surface area (TPSA) is 58.2 Å². The van der Waals surface area contributed by atoms with Gasteiger partial charge in [-0.05, 0) is 5.56 Å². The van der Waals surface area contributed by atoms with E-state index in [9.17, 15) is 9.59 Å². The molecule has 0 saturated carbocycles. The molecule has 1 aromatic rings. The van der Waals surface area contributed by atoms with Gasteiger partial charge in [-0.15, -0.1) is 0 Å². The lowest BCUT2D eigenvalue weighted by atomic mass is 10.1. The summed E-state index contributed by atoms with van der Waals surface area (Å²) in [5.74, 6) is 0.760. The Morgan fingerprint density at radius 2 is 2.11 bits per heavy atom. The van der Waals surface area contributed by atoms with Crippen molar-refractivity contribution in [1.29, 1.82) is 0 Å². The minimum Gasteiger partial charge on any atom is -0.341 e. The number of amides is 2. The summed E-state index contributed by atoms with van der Waals surface area (Å²) in [7, 11) is 3.27. The van der Waals surface area contributed by atoms with E-state index in [1.165, 1.54) is 0 Å².